The first-order valence-electron chi connectivity index (χ1n) is 8.47. The third-order valence-electron chi connectivity index (χ3n) is 4.72. The van der Waals surface area contributed by atoms with Gasteiger partial charge >= 0.3 is 0 Å². The summed E-state index contributed by atoms with van der Waals surface area (Å²) < 4.78 is 0. The van der Waals surface area contributed by atoms with Gasteiger partial charge in [0.1, 0.15) is 5.69 Å². The van der Waals surface area contributed by atoms with Crippen LogP contribution in [0.15, 0.2) is 55.0 Å². The van der Waals surface area contributed by atoms with Gasteiger partial charge in [-0.15, -0.1) is 0 Å². The van der Waals surface area contributed by atoms with E-state index < -0.39 is 16.7 Å². The van der Waals surface area contributed by atoms with Gasteiger partial charge < -0.3 is 0 Å². The smallest absolute Gasteiger partial charge is 0.275 e. The van der Waals surface area contributed by atoms with Crippen LogP contribution in [-0.4, -0.2) is 36.9 Å². The van der Waals surface area contributed by atoms with Crippen LogP contribution in [0.2, 0.25) is 0 Å². The van der Waals surface area contributed by atoms with Gasteiger partial charge in [0, 0.05) is 30.2 Å². The molecule has 1 N–H and O–H groups in total. The second kappa shape index (κ2) is 6.02. The van der Waals surface area contributed by atoms with Crippen LogP contribution >= 0.6 is 0 Å². The number of aromatic amines is 1. The highest BCUT2D eigenvalue weighted by Gasteiger charge is 2.42. The van der Waals surface area contributed by atoms with Gasteiger partial charge in [0.05, 0.1) is 27.1 Å². The SMILES string of the molecule is O=C1c2cnc3n[nH]c(-c4ccncc4)c3c2C(=O)N1c1ccccc1[N+](=O)[O-]. The normalized spacial score (nSPS) is 13.2. The molecule has 140 valence electrons. The average molecular weight is 386 g/mol. The summed E-state index contributed by atoms with van der Waals surface area (Å²) in [7, 11) is 0. The Morgan fingerprint density at radius 1 is 1.03 bits per heavy atom. The lowest BCUT2D eigenvalue weighted by Crippen LogP contribution is -2.30. The number of H-pyrrole nitrogens is 1. The third kappa shape index (κ3) is 2.32. The fourth-order valence-corrected chi connectivity index (χ4v) is 3.45. The number of carbonyl (C=O) groups is 2. The maximum Gasteiger partial charge on any atom is 0.293 e. The van der Waals surface area contributed by atoms with Crippen LogP contribution in [0.5, 0.6) is 0 Å². The Morgan fingerprint density at radius 2 is 1.79 bits per heavy atom. The number of nitrogens with zero attached hydrogens (tertiary/aromatic N) is 5. The molecule has 0 spiro atoms. The number of nitro groups is 1. The molecule has 0 saturated heterocycles. The molecular formula is C19H10N6O4. The van der Waals surface area contributed by atoms with E-state index in [0.717, 1.165) is 4.90 Å². The number of rotatable bonds is 3. The van der Waals surface area contributed by atoms with Gasteiger partial charge in [-0.2, -0.15) is 5.10 Å². The van der Waals surface area contributed by atoms with E-state index in [1.807, 2.05) is 0 Å². The highest BCUT2D eigenvalue weighted by molar-refractivity contribution is 6.38. The lowest BCUT2D eigenvalue weighted by atomic mass is 10.0. The molecule has 3 aromatic heterocycles. The van der Waals surface area contributed by atoms with Gasteiger partial charge in [-0.25, -0.2) is 9.88 Å². The zero-order chi connectivity index (χ0) is 20.1. The van der Waals surface area contributed by atoms with Crippen molar-refractivity contribution in [2.75, 3.05) is 4.90 Å². The highest BCUT2D eigenvalue weighted by Crippen LogP contribution is 2.38. The molecule has 1 aromatic carbocycles. The number of fused-ring (bicyclic) bond motifs is 3. The van der Waals surface area contributed by atoms with Crippen molar-refractivity contribution in [1.29, 1.82) is 0 Å². The number of anilines is 1. The minimum absolute atomic E-state index is 0.0670. The van der Waals surface area contributed by atoms with Crippen LogP contribution in [0.3, 0.4) is 0 Å². The van der Waals surface area contributed by atoms with E-state index in [9.17, 15) is 19.7 Å². The summed E-state index contributed by atoms with van der Waals surface area (Å²) in [5.74, 6) is -1.33. The maximum atomic E-state index is 13.3. The number of pyridine rings is 2. The van der Waals surface area contributed by atoms with Crippen molar-refractivity contribution in [1.82, 2.24) is 20.2 Å². The van der Waals surface area contributed by atoms with Crippen LogP contribution < -0.4 is 4.90 Å². The van der Waals surface area contributed by atoms with Crippen LogP contribution in [0, 0.1) is 10.1 Å². The van der Waals surface area contributed by atoms with Crippen molar-refractivity contribution >= 4 is 34.2 Å². The Labute approximate surface area is 162 Å². The summed E-state index contributed by atoms with van der Waals surface area (Å²) in [6, 6.07) is 9.06. The number of nitro benzene ring substituents is 1. The Morgan fingerprint density at radius 3 is 2.55 bits per heavy atom. The van der Waals surface area contributed by atoms with Crippen molar-refractivity contribution in [2.45, 2.75) is 0 Å². The minimum Gasteiger partial charge on any atom is -0.275 e. The third-order valence-corrected chi connectivity index (χ3v) is 4.72. The lowest BCUT2D eigenvalue weighted by molar-refractivity contribution is -0.384. The molecule has 0 saturated carbocycles. The van der Waals surface area contributed by atoms with E-state index in [1.165, 1.54) is 30.5 Å². The zero-order valence-electron chi connectivity index (χ0n) is 14.6. The molecule has 10 heteroatoms. The van der Waals surface area contributed by atoms with Gasteiger partial charge in [0.2, 0.25) is 0 Å². The maximum absolute atomic E-state index is 13.3. The molecule has 0 radical (unpaired) electrons. The molecule has 0 fully saturated rings. The summed E-state index contributed by atoms with van der Waals surface area (Å²) >= 11 is 0. The summed E-state index contributed by atoms with van der Waals surface area (Å²) in [4.78, 5) is 46.0. The van der Waals surface area contributed by atoms with Crippen LogP contribution in [-0.2, 0) is 0 Å². The standard InChI is InChI=1S/C19H10N6O4/c26-18-11-9-21-17-15(16(22-23-17)10-5-7-20-8-6-10)14(11)19(27)24(18)12-3-1-2-4-13(12)25(28)29/h1-9H,(H,21,22,23). The molecule has 5 rings (SSSR count). The summed E-state index contributed by atoms with van der Waals surface area (Å²) in [6.07, 6.45) is 4.44. The molecule has 0 aliphatic carbocycles. The zero-order valence-corrected chi connectivity index (χ0v) is 14.6. The molecule has 2 amide bonds. The second-order valence-electron chi connectivity index (χ2n) is 6.27. The highest BCUT2D eigenvalue weighted by atomic mass is 16.6. The molecule has 0 atom stereocenters. The molecule has 10 nitrogen and oxygen atoms in total. The predicted octanol–water partition coefficient (Wildman–Crippen LogP) is 2.73. The van der Waals surface area contributed by atoms with Gasteiger partial charge in [0.15, 0.2) is 5.65 Å². The number of amides is 2. The van der Waals surface area contributed by atoms with E-state index in [4.69, 9.17) is 0 Å². The van der Waals surface area contributed by atoms with Crippen molar-refractivity contribution in [3.63, 3.8) is 0 Å². The fourth-order valence-electron chi connectivity index (χ4n) is 3.45. The molecule has 4 heterocycles. The predicted molar refractivity (Wildman–Crippen MR) is 101 cm³/mol. The van der Waals surface area contributed by atoms with Crippen molar-refractivity contribution in [3.8, 4) is 11.3 Å². The number of aromatic nitrogens is 4. The lowest BCUT2D eigenvalue weighted by Gasteiger charge is -2.13. The van der Waals surface area contributed by atoms with E-state index in [0.29, 0.717) is 16.6 Å². The summed E-state index contributed by atoms with van der Waals surface area (Å²) in [5, 5.41) is 18.8. The molecule has 4 aromatic rings. The number of para-hydroxylation sites is 2. The number of nitrogens with one attached hydrogen (secondary N) is 1. The van der Waals surface area contributed by atoms with Crippen LogP contribution in [0.4, 0.5) is 11.4 Å². The molecule has 1 aliphatic rings. The van der Waals surface area contributed by atoms with Crippen molar-refractivity contribution in [2.24, 2.45) is 0 Å². The van der Waals surface area contributed by atoms with E-state index in [1.54, 1.807) is 24.5 Å². The first-order chi connectivity index (χ1) is 14.1. The topological polar surface area (TPSA) is 135 Å². The number of carbonyl (C=O) groups excluding carboxylic acids is 2. The second-order valence-corrected chi connectivity index (χ2v) is 6.27. The number of hydrogen-bond acceptors (Lipinski definition) is 7. The summed E-state index contributed by atoms with van der Waals surface area (Å²) in [6.45, 7) is 0. The molecular weight excluding hydrogens is 376 g/mol. The Kier molecular flexibility index (Phi) is 3.47. The molecule has 1 aliphatic heterocycles. The molecule has 0 unspecified atom stereocenters. The fraction of sp³-hybridized carbons (Fsp3) is 0. The quantitative estimate of drug-likeness (QED) is 0.325. The van der Waals surface area contributed by atoms with Crippen LogP contribution in [0.1, 0.15) is 20.7 Å². The van der Waals surface area contributed by atoms with E-state index in [2.05, 4.69) is 20.2 Å². The molecule has 0 bridgehead atoms. The van der Waals surface area contributed by atoms with Crippen molar-refractivity contribution < 1.29 is 14.5 Å². The Balaban J connectivity index is 1.75. The van der Waals surface area contributed by atoms with Gasteiger partial charge in [-0.3, -0.25) is 29.8 Å². The monoisotopic (exact) mass is 386 g/mol. The first kappa shape index (κ1) is 16.7. The number of imide groups is 1. The summed E-state index contributed by atoms with van der Waals surface area (Å²) in [5.41, 5.74) is 1.23. The van der Waals surface area contributed by atoms with Crippen molar-refractivity contribution in [3.05, 3.63) is 76.2 Å². The first-order valence-corrected chi connectivity index (χ1v) is 8.47. The Bertz CT molecular complexity index is 1330. The van der Waals surface area contributed by atoms with Crippen LogP contribution in [0.25, 0.3) is 22.3 Å². The largest absolute Gasteiger partial charge is 0.293 e. The van der Waals surface area contributed by atoms with Gasteiger partial charge in [0.25, 0.3) is 17.5 Å². The van der Waals surface area contributed by atoms with E-state index >= 15 is 0 Å². The minimum atomic E-state index is -0.671. The Hall–Kier alpha value is -4.47. The van der Waals surface area contributed by atoms with Gasteiger partial charge in [-0.05, 0) is 18.2 Å². The number of benzene rings is 1. The van der Waals surface area contributed by atoms with Gasteiger partial charge in [-0.1, -0.05) is 12.1 Å². The molecule has 29 heavy (non-hydrogen) atoms. The average Bonchev–Trinajstić information content (AvgIpc) is 3.27. The van der Waals surface area contributed by atoms with E-state index in [-0.39, 0.29) is 28.1 Å². The number of hydrogen-bond donors (Lipinski definition) is 1.